The summed E-state index contributed by atoms with van der Waals surface area (Å²) in [6.07, 6.45) is -0.441. The zero-order valence-corrected chi connectivity index (χ0v) is 38.2. The number of benzene rings is 2. The summed E-state index contributed by atoms with van der Waals surface area (Å²) in [7, 11) is 0. The molecule has 4 rings (SSSR count). The van der Waals surface area contributed by atoms with E-state index in [0.717, 1.165) is 22.5 Å². The summed E-state index contributed by atoms with van der Waals surface area (Å²) in [6.45, 7) is 17.7. The molecule has 0 spiro atoms. The number of carbonyl (C=O) groups excluding carboxylic acids is 2. The van der Waals surface area contributed by atoms with E-state index in [9.17, 15) is 9.59 Å². The van der Waals surface area contributed by atoms with Gasteiger partial charge in [0.2, 0.25) is 5.91 Å². The number of ether oxygens (including phenoxy) is 10. The highest BCUT2D eigenvalue weighted by Gasteiger charge is 2.37. The highest BCUT2D eigenvalue weighted by atomic mass is 35.5. The molecule has 0 aliphatic carbocycles. The molecule has 2 aromatic rings. The molecule has 0 bridgehead atoms. The third kappa shape index (κ3) is 20.1. The lowest BCUT2D eigenvalue weighted by molar-refractivity contribution is -0.121. The second kappa shape index (κ2) is 29.4. The van der Waals surface area contributed by atoms with Crippen LogP contribution in [0.1, 0.15) is 52.2 Å². The maximum Gasteiger partial charge on any atom is 0.407 e. The third-order valence-corrected chi connectivity index (χ3v) is 9.20. The minimum absolute atomic E-state index is 0.0961. The predicted molar refractivity (Wildman–Crippen MR) is 239 cm³/mol. The van der Waals surface area contributed by atoms with E-state index in [-0.39, 0.29) is 18.5 Å². The van der Waals surface area contributed by atoms with Crippen molar-refractivity contribution in [3.63, 3.8) is 0 Å². The van der Waals surface area contributed by atoms with Gasteiger partial charge in [0.15, 0.2) is 5.84 Å². The molecule has 0 aromatic heterocycles. The molecule has 0 saturated heterocycles. The summed E-state index contributed by atoms with van der Waals surface area (Å²) in [6, 6.07) is 12.9. The number of anilines is 1. The summed E-state index contributed by atoms with van der Waals surface area (Å²) in [5.74, 6) is 1.25. The van der Waals surface area contributed by atoms with E-state index in [1.54, 1.807) is 0 Å². The first kappa shape index (κ1) is 51.5. The van der Waals surface area contributed by atoms with Gasteiger partial charge in [-0.15, -0.1) is 0 Å². The van der Waals surface area contributed by atoms with Crippen molar-refractivity contribution < 1.29 is 57.0 Å². The van der Waals surface area contributed by atoms with E-state index in [1.165, 1.54) is 0 Å². The van der Waals surface area contributed by atoms with Crippen LogP contribution in [-0.4, -0.2) is 167 Å². The number of hydrazone groups is 1. The number of hydrogen-bond donors (Lipinski definition) is 3. The van der Waals surface area contributed by atoms with Gasteiger partial charge in [0.25, 0.3) is 0 Å². The second-order valence-electron chi connectivity index (χ2n) is 15.2. The summed E-state index contributed by atoms with van der Waals surface area (Å²) in [4.78, 5) is 31.5. The molecule has 2 aliphatic heterocycles. The Morgan fingerprint density at radius 3 is 1.73 bits per heavy atom. The lowest BCUT2D eigenvalue weighted by atomic mass is 9.99. The smallest absolute Gasteiger partial charge is 0.407 e. The Morgan fingerprint density at radius 1 is 0.714 bits per heavy atom. The number of fused-ring (bicyclic) bond motifs is 3. The van der Waals surface area contributed by atoms with E-state index in [2.05, 4.69) is 26.1 Å². The van der Waals surface area contributed by atoms with Gasteiger partial charge in [-0.2, -0.15) is 5.10 Å². The van der Waals surface area contributed by atoms with Crippen molar-refractivity contribution >= 4 is 40.8 Å². The van der Waals surface area contributed by atoms with Crippen molar-refractivity contribution in [1.82, 2.24) is 16.1 Å². The summed E-state index contributed by atoms with van der Waals surface area (Å²) < 4.78 is 55.6. The first-order chi connectivity index (χ1) is 30.6. The Morgan fingerprint density at radius 2 is 1.22 bits per heavy atom. The molecule has 352 valence electrons. The van der Waals surface area contributed by atoms with Gasteiger partial charge in [0.05, 0.1) is 124 Å². The molecule has 2 aliphatic rings. The number of amides is 2. The fourth-order valence-electron chi connectivity index (χ4n) is 6.14. The van der Waals surface area contributed by atoms with Crippen molar-refractivity contribution in [2.24, 2.45) is 10.1 Å². The first-order valence-corrected chi connectivity index (χ1v) is 22.0. The van der Waals surface area contributed by atoms with Crippen LogP contribution in [0.25, 0.3) is 0 Å². The van der Waals surface area contributed by atoms with E-state index >= 15 is 0 Å². The summed E-state index contributed by atoms with van der Waals surface area (Å²) >= 11 is 6.24. The van der Waals surface area contributed by atoms with Crippen LogP contribution in [0.5, 0.6) is 5.75 Å². The topological polar surface area (TPSA) is 190 Å². The fourth-order valence-corrected chi connectivity index (χ4v) is 6.27. The van der Waals surface area contributed by atoms with Crippen molar-refractivity contribution in [2.75, 3.05) is 130 Å². The SMILES string of the molecule is CCNC(=O)C[C@@H]1N=C(c2ccc(Cl)cc2)c2cc(OCCOCCOCCOCCOCCOCCOCCOCCOCCNC(=O)OC(C)(C)C)ccc2N2C1=NNC2C. The molecule has 3 N–H and O–H groups in total. The predicted octanol–water partition coefficient (Wildman–Crippen LogP) is 4.19. The third-order valence-electron chi connectivity index (χ3n) is 8.95. The number of carbonyl (C=O) groups is 2. The van der Waals surface area contributed by atoms with Crippen molar-refractivity contribution in [3.05, 3.63) is 58.6 Å². The van der Waals surface area contributed by atoms with Crippen LogP contribution in [0.15, 0.2) is 52.6 Å². The summed E-state index contributed by atoms with van der Waals surface area (Å²) in [5, 5.41) is 10.7. The van der Waals surface area contributed by atoms with E-state index in [1.807, 2.05) is 77.1 Å². The largest absolute Gasteiger partial charge is 0.491 e. The molecule has 0 saturated carbocycles. The van der Waals surface area contributed by atoms with Gasteiger partial charge in [-0.1, -0.05) is 23.7 Å². The van der Waals surface area contributed by atoms with E-state index < -0.39 is 17.7 Å². The quantitative estimate of drug-likeness (QED) is 0.0887. The number of nitrogens with one attached hydrogen (secondary N) is 3. The number of nitrogens with zero attached hydrogens (tertiary/aromatic N) is 3. The van der Waals surface area contributed by atoms with Crippen molar-refractivity contribution in [3.8, 4) is 5.75 Å². The van der Waals surface area contributed by atoms with Gasteiger partial charge in [-0.25, -0.2) is 4.79 Å². The average molecular weight is 908 g/mol. The lowest BCUT2D eigenvalue weighted by Gasteiger charge is -2.27. The second-order valence-corrected chi connectivity index (χ2v) is 15.6. The first-order valence-electron chi connectivity index (χ1n) is 21.6. The van der Waals surface area contributed by atoms with Crippen LogP contribution in [0.2, 0.25) is 5.02 Å². The van der Waals surface area contributed by atoms with Crippen LogP contribution in [0.4, 0.5) is 10.5 Å². The van der Waals surface area contributed by atoms with Crippen LogP contribution >= 0.6 is 11.6 Å². The standard InChI is InChI=1S/C44H67ClN6O12/c1-6-46-40(52)32-38-42-50-49-33(2)51(42)39-12-11-36(31-37(39)41(48-38)34-7-9-35(45)10-8-34)62-30-29-61-28-27-60-26-25-59-24-23-58-22-21-57-20-19-56-18-17-55-16-15-54-14-13-47-43(53)63-44(3,4)5/h7-12,31,33,38,49H,6,13-30,32H2,1-5H3,(H,46,52)(H,47,53)/t33?,38-/m0/s1. The van der Waals surface area contributed by atoms with Crippen LogP contribution in [-0.2, 0) is 47.4 Å². The number of halogens is 1. The fraction of sp³-hybridized carbons (Fsp3) is 0.636. The molecular weight excluding hydrogens is 840 g/mol. The van der Waals surface area contributed by atoms with Gasteiger partial charge < -0.3 is 62.9 Å². The van der Waals surface area contributed by atoms with Crippen molar-refractivity contribution in [1.29, 1.82) is 0 Å². The van der Waals surface area contributed by atoms with Gasteiger partial charge in [-0.05, 0) is 65.0 Å². The molecule has 2 amide bonds. The van der Waals surface area contributed by atoms with Crippen molar-refractivity contribution in [2.45, 2.75) is 58.8 Å². The number of alkyl carbamates (subject to hydrolysis) is 1. The van der Waals surface area contributed by atoms with Gasteiger partial charge in [-0.3, -0.25) is 15.2 Å². The number of rotatable bonds is 32. The molecule has 2 heterocycles. The molecule has 63 heavy (non-hydrogen) atoms. The Hall–Kier alpha value is -4.11. The Balaban J connectivity index is 0.977. The van der Waals surface area contributed by atoms with Crippen LogP contribution in [0, 0.1) is 0 Å². The number of amidine groups is 1. The Kier molecular flexibility index (Phi) is 24.0. The summed E-state index contributed by atoms with van der Waals surface area (Å²) in [5.41, 5.74) is 5.98. The molecule has 19 heteroatoms. The molecule has 18 nitrogen and oxygen atoms in total. The number of aliphatic imine (C=N–C) groups is 1. The van der Waals surface area contributed by atoms with Gasteiger partial charge >= 0.3 is 6.09 Å². The van der Waals surface area contributed by atoms with E-state index in [4.69, 9.17) is 64.0 Å². The molecule has 2 atom stereocenters. The molecule has 0 radical (unpaired) electrons. The highest BCUT2D eigenvalue weighted by Crippen LogP contribution is 2.35. The molecule has 2 aromatic carbocycles. The molecular formula is C44H67ClN6O12. The normalized spacial score (nSPS) is 15.7. The number of hydrogen-bond acceptors (Lipinski definition) is 16. The van der Waals surface area contributed by atoms with Crippen LogP contribution in [0.3, 0.4) is 0 Å². The monoisotopic (exact) mass is 906 g/mol. The maximum absolute atomic E-state index is 12.8. The molecule has 0 fully saturated rings. The van der Waals surface area contributed by atoms with Gasteiger partial charge in [0, 0.05) is 29.2 Å². The maximum atomic E-state index is 12.8. The zero-order valence-electron chi connectivity index (χ0n) is 37.5. The van der Waals surface area contributed by atoms with Crippen LogP contribution < -0.4 is 25.7 Å². The Labute approximate surface area is 376 Å². The average Bonchev–Trinajstić information content (AvgIpc) is 3.57. The zero-order chi connectivity index (χ0) is 45.1. The minimum Gasteiger partial charge on any atom is -0.491 e. The Bertz CT molecular complexity index is 1700. The lowest BCUT2D eigenvalue weighted by Crippen LogP contribution is -2.43. The molecule has 1 unspecified atom stereocenters. The highest BCUT2D eigenvalue weighted by molar-refractivity contribution is 6.31. The minimum atomic E-state index is -0.522. The van der Waals surface area contributed by atoms with Gasteiger partial charge in [0.1, 0.15) is 30.2 Å². The van der Waals surface area contributed by atoms with E-state index in [0.29, 0.717) is 142 Å².